The van der Waals surface area contributed by atoms with Crippen molar-refractivity contribution in [3.8, 4) is 5.75 Å². The summed E-state index contributed by atoms with van der Waals surface area (Å²) in [5.41, 5.74) is 3.28. The first-order valence-electron chi connectivity index (χ1n) is 10.8. The standard InChI is InChI=1S/C27H23Cl2NO4/c1-4-34-22-11-8-18(13-16(22)3)25(31)23-24(17-7-5-6-15(2)12-17)30(27(33)26(23)32)19-9-10-20(28)21(29)14-19/h5-14,24,31H,4H2,1-3H3/b25-23+. The quantitative estimate of drug-likeness (QED) is 0.245. The molecule has 0 aliphatic carbocycles. The highest BCUT2D eigenvalue weighted by molar-refractivity contribution is 6.52. The van der Waals surface area contributed by atoms with Gasteiger partial charge in [-0.3, -0.25) is 14.5 Å². The van der Waals surface area contributed by atoms with Crippen LogP contribution in [0.3, 0.4) is 0 Å². The molecule has 4 rings (SSSR count). The van der Waals surface area contributed by atoms with Crippen LogP contribution < -0.4 is 9.64 Å². The van der Waals surface area contributed by atoms with E-state index in [-0.39, 0.29) is 16.4 Å². The number of benzene rings is 3. The van der Waals surface area contributed by atoms with Crippen LogP contribution in [0.4, 0.5) is 5.69 Å². The zero-order valence-corrected chi connectivity index (χ0v) is 20.4. The van der Waals surface area contributed by atoms with E-state index in [0.717, 1.165) is 11.1 Å². The molecule has 0 radical (unpaired) electrons. The smallest absolute Gasteiger partial charge is 0.300 e. The largest absolute Gasteiger partial charge is 0.507 e. The number of aliphatic hydroxyl groups excluding tert-OH is 1. The number of ether oxygens (including phenoxy) is 1. The third-order valence-electron chi connectivity index (χ3n) is 5.73. The van der Waals surface area contributed by atoms with E-state index in [9.17, 15) is 14.7 Å². The minimum absolute atomic E-state index is 0.00484. The van der Waals surface area contributed by atoms with Gasteiger partial charge in [-0.25, -0.2) is 0 Å². The summed E-state index contributed by atoms with van der Waals surface area (Å²) in [5.74, 6) is -1.10. The van der Waals surface area contributed by atoms with Crippen molar-refractivity contribution in [3.63, 3.8) is 0 Å². The van der Waals surface area contributed by atoms with Crippen molar-refractivity contribution >= 4 is 46.3 Å². The first-order valence-corrected chi connectivity index (χ1v) is 11.5. The topological polar surface area (TPSA) is 66.8 Å². The van der Waals surface area contributed by atoms with Gasteiger partial charge in [-0.1, -0.05) is 53.0 Å². The van der Waals surface area contributed by atoms with Crippen LogP contribution in [-0.4, -0.2) is 23.4 Å². The maximum atomic E-state index is 13.3. The number of nitrogens with zero attached hydrogens (tertiary/aromatic N) is 1. The highest BCUT2D eigenvalue weighted by Crippen LogP contribution is 2.43. The normalized spacial score (nSPS) is 17.3. The summed E-state index contributed by atoms with van der Waals surface area (Å²) in [7, 11) is 0. The molecule has 1 fully saturated rings. The SMILES string of the molecule is CCOc1ccc(/C(O)=C2\C(=O)C(=O)N(c3ccc(Cl)c(Cl)c3)C2c2cccc(C)c2)cc1C. The molecule has 1 aliphatic rings. The molecule has 5 nitrogen and oxygen atoms in total. The monoisotopic (exact) mass is 495 g/mol. The van der Waals surface area contributed by atoms with Crippen LogP contribution in [0.1, 0.15) is 35.2 Å². The molecule has 34 heavy (non-hydrogen) atoms. The molecule has 1 amide bonds. The van der Waals surface area contributed by atoms with Gasteiger partial charge in [0.25, 0.3) is 11.7 Å². The number of Topliss-reactive ketones (excluding diaryl/α,β-unsaturated/α-hetero) is 1. The molecule has 0 spiro atoms. The van der Waals surface area contributed by atoms with Crippen LogP contribution in [0.25, 0.3) is 5.76 Å². The number of anilines is 1. The highest BCUT2D eigenvalue weighted by atomic mass is 35.5. The molecule has 3 aromatic rings. The number of carbonyl (C=O) groups excluding carboxylic acids is 2. The fourth-order valence-electron chi connectivity index (χ4n) is 4.16. The Morgan fingerprint density at radius 1 is 1.00 bits per heavy atom. The lowest BCUT2D eigenvalue weighted by atomic mass is 9.94. The molecule has 1 N–H and O–H groups in total. The van der Waals surface area contributed by atoms with Crippen molar-refractivity contribution in [3.05, 3.63) is 98.5 Å². The number of aryl methyl sites for hydroxylation is 2. The molecule has 1 atom stereocenters. The Labute approximate surface area is 208 Å². The van der Waals surface area contributed by atoms with Gasteiger partial charge < -0.3 is 9.84 Å². The molecule has 0 bridgehead atoms. The van der Waals surface area contributed by atoms with E-state index in [1.54, 1.807) is 36.4 Å². The number of ketones is 1. The number of rotatable bonds is 5. The van der Waals surface area contributed by atoms with Crippen molar-refractivity contribution < 1.29 is 19.4 Å². The second kappa shape index (κ2) is 9.53. The average Bonchev–Trinajstić information content (AvgIpc) is 3.07. The summed E-state index contributed by atoms with van der Waals surface area (Å²) in [4.78, 5) is 27.9. The Morgan fingerprint density at radius 2 is 1.76 bits per heavy atom. The van der Waals surface area contributed by atoms with Crippen LogP contribution in [0.5, 0.6) is 5.75 Å². The van der Waals surface area contributed by atoms with Gasteiger partial charge in [0, 0.05) is 11.3 Å². The van der Waals surface area contributed by atoms with Gasteiger partial charge in [0.05, 0.1) is 28.3 Å². The fourth-order valence-corrected chi connectivity index (χ4v) is 4.45. The second-order valence-corrected chi connectivity index (χ2v) is 8.91. The molecule has 3 aromatic carbocycles. The molecule has 7 heteroatoms. The van der Waals surface area contributed by atoms with Crippen LogP contribution in [0.15, 0.2) is 66.2 Å². The van der Waals surface area contributed by atoms with E-state index in [0.29, 0.717) is 34.2 Å². The predicted molar refractivity (Wildman–Crippen MR) is 135 cm³/mol. The molecular formula is C27H23Cl2NO4. The van der Waals surface area contributed by atoms with E-state index in [4.69, 9.17) is 27.9 Å². The first-order chi connectivity index (χ1) is 16.2. The van der Waals surface area contributed by atoms with E-state index in [2.05, 4.69) is 0 Å². The Bertz CT molecular complexity index is 1330. The van der Waals surface area contributed by atoms with Crippen molar-refractivity contribution in [1.29, 1.82) is 0 Å². The molecular weight excluding hydrogens is 473 g/mol. The molecule has 0 saturated carbocycles. The number of amides is 1. The van der Waals surface area contributed by atoms with E-state index >= 15 is 0 Å². The van der Waals surface area contributed by atoms with Gasteiger partial charge in [0.2, 0.25) is 0 Å². The summed E-state index contributed by atoms with van der Waals surface area (Å²) in [5, 5.41) is 11.9. The molecule has 1 heterocycles. The number of carbonyl (C=O) groups is 2. The lowest BCUT2D eigenvalue weighted by molar-refractivity contribution is -0.132. The van der Waals surface area contributed by atoms with E-state index in [1.165, 1.54) is 4.90 Å². The summed E-state index contributed by atoms with van der Waals surface area (Å²) in [6, 6.07) is 16.5. The molecule has 0 aromatic heterocycles. The zero-order chi connectivity index (χ0) is 24.6. The van der Waals surface area contributed by atoms with Crippen molar-refractivity contribution in [2.24, 2.45) is 0 Å². The lowest BCUT2D eigenvalue weighted by Crippen LogP contribution is -2.29. The average molecular weight is 496 g/mol. The lowest BCUT2D eigenvalue weighted by Gasteiger charge is -2.26. The fraction of sp³-hybridized carbons (Fsp3) is 0.185. The summed E-state index contributed by atoms with van der Waals surface area (Å²) in [6.45, 7) is 6.17. The summed E-state index contributed by atoms with van der Waals surface area (Å²) < 4.78 is 5.58. The van der Waals surface area contributed by atoms with Gasteiger partial charge in [-0.05, 0) is 68.3 Å². The molecule has 174 valence electrons. The summed E-state index contributed by atoms with van der Waals surface area (Å²) in [6.07, 6.45) is 0. The van der Waals surface area contributed by atoms with Gasteiger partial charge in [-0.2, -0.15) is 0 Å². The Balaban J connectivity index is 1.93. The Kier molecular flexibility index (Phi) is 6.69. The van der Waals surface area contributed by atoms with E-state index in [1.807, 2.05) is 45.0 Å². The van der Waals surface area contributed by atoms with Crippen LogP contribution in [0, 0.1) is 13.8 Å². The molecule has 1 saturated heterocycles. The Morgan fingerprint density at radius 3 is 2.41 bits per heavy atom. The second-order valence-electron chi connectivity index (χ2n) is 8.09. The molecule has 1 unspecified atom stereocenters. The minimum Gasteiger partial charge on any atom is -0.507 e. The van der Waals surface area contributed by atoms with Gasteiger partial charge in [0.15, 0.2) is 0 Å². The number of aliphatic hydroxyl groups is 1. The Hall–Kier alpha value is -3.28. The number of halogens is 2. The number of hydrogen-bond acceptors (Lipinski definition) is 4. The van der Waals surface area contributed by atoms with Crippen molar-refractivity contribution in [2.75, 3.05) is 11.5 Å². The van der Waals surface area contributed by atoms with Gasteiger partial charge >= 0.3 is 0 Å². The highest BCUT2D eigenvalue weighted by Gasteiger charge is 2.47. The third-order valence-corrected chi connectivity index (χ3v) is 6.47. The first kappa shape index (κ1) is 23.9. The predicted octanol–water partition coefficient (Wildman–Crippen LogP) is 6.64. The third kappa shape index (κ3) is 4.29. The van der Waals surface area contributed by atoms with Gasteiger partial charge in [-0.15, -0.1) is 0 Å². The zero-order valence-electron chi connectivity index (χ0n) is 18.9. The maximum Gasteiger partial charge on any atom is 0.300 e. The van der Waals surface area contributed by atoms with Crippen LogP contribution in [0.2, 0.25) is 10.0 Å². The number of hydrogen-bond donors (Lipinski definition) is 1. The van der Waals surface area contributed by atoms with E-state index < -0.39 is 17.7 Å². The van der Waals surface area contributed by atoms with Crippen LogP contribution in [-0.2, 0) is 9.59 Å². The minimum atomic E-state index is -0.844. The summed E-state index contributed by atoms with van der Waals surface area (Å²) >= 11 is 12.3. The molecule has 1 aliphatic heterocycles. The van der Waals surface area contributed by atoms with Gasteiger partial charge in [0.1, 0.15) is 11.5 Å². The maximum absolute atomic E-state index is 13.3. The van der Waals surface area contributed by atoms with Crippen LogP contribution >= 0.6 is 23.2 Å². The van der Waals surface area contributed by atoms with Crippen molar-refractivity contribution in [1.82, 2.24) is 0 Å². The van der Waals surface area contributed by atoms with Crippen molar-refractivity contribution in [2.45, 2.75) is 26.8 Å².